The Hall–Kier alpha value is -3.00. The van der Waals surface area contributed by atoms with Crippen LogP contribution in [0.25, 0.3) is 22.3 Å². The zero-order chi connectivity index (χ0) is 23.1. The molecule has 0 aliphatic carbocycles. The Kier molecular flexibility index (Phi) is 5.78. The first kappa shape index (κ1) is 21.8. The molecule has 4 heterocycles. The number of amides is 1. The molecule has 33 heavy (non-hydrogen) atoms. The smallest absolute Gasteiger partial charge is 0.258 e. The molecule has 1 N–H and O–H groups in total. The van der Waals surface area contributed by atoms with E-state index in [4.69, 9.17) is 9.97 Å². The third-order valence-corrected chi connectivity index (χ3v) is 6.84. The summed E-state index contributed by atoms with van der Waals surface area (Å²) >= 11 is 3.58. The molecule has 1 aromatic carbocycles. The van der Waals surface area contributed by atoms with Gasteiger partial charge in [0.25, 0.3) is 5.91 Å². The van der Waals surface area contributed by atoms with Gasteiger partial charge in [0, 0.05) is 40.6 Å². The number of anilines is 1. The molecule has 2 bridgehead atoms. The second kappa shape index (κ2) is 8.74. The van der Waals surface area contributed by atoms with Crippen molar-refractivity contribution < 1.29 is 4.79 Å². The number of imidazole rings is 1. The van der Waals surface area contributed by atoms with Crippen LogP contribution in [0.1, 0.15) is 47.9 Å². The Bertz CT molecular complexity index is 1350. The molecule has 1 aliphatic heterocycles. The summed E-state index contributed by atoms with van der Waals surface area (Å²) in [5.41, 5.74) is 6.18. The van der Waals surface area contributed by atoms with Gasteiger partial charge >= 0.3 is 0 Å². The highest BCUT2D eigenvalue weighted by atomic mass is 79.9. The van der Waals surface area contributed by atoms with E-state index < -0.39 is 0 Å². The SMILES string of the molecule is Cc1cc2cc(n1)-c1cnn(C)c1CCCC[C@@H](C)Cn1c(nc3ccc(Br)cc31)NC2=O. The van der Waals surface area contributed by atoms with E-state index in [1.807, 2.05) is 49.1 Å². The maximum Gasteiger partial charge on any atom is 0.258 e. The van der Waals surface area contributed by atoms with Gasteiger partial charge in [0.15, 0.2) is 0 Å². The number of benzene rings is 1. The lowest BCUT2D eigenvalue weighted by atomic mass is 10.0. The van der Waals surface area contributed by atoms with Gasteiger partial charge in [0.05, 0.1) is 22.9 Å². The number of nitrogens with zero attached hydrogens (tertiary/aromatic N) is 5. The van der Waals surface area contributed by atoms with Gasteiger partial charge in [-0.15, -0.1) is 0 Å². The largest absolute Gasteiger partial charge is 0.310 e. The second-order valence-corrected chi connectivity index (χ2v) is 9.91. The number of carbonyl (C=O) groups excluding carboxylic acids is 1. The summed E-state index contributed by atoms with van der Waals surface area (Å²) in [5, 5.41) is 7.55. The van der Waals surface area contributed by atoms with E-state index in [9.17, 15) is 4.79 Å². The van der Waals surface area contributed by atoms with Gasteiger partial charge in [-0.1, -0.05) is 29.3 Å². The minimum atomic E-state index is -0.190. The predicted octanol–water partition coefficient (Wildman–Crippen LogP) is 5.52. The molecule has 7 nitrogen and oxygen atoms in total. The molecule has 0 unspecified atom stereocenters. The van der Waals surface area contributed by atoms with E-state index in [0.29, 0.717) is 17.4 Å². The molecule has 1 amide bonds. The number of pyridine rings is 1. The van der Waals surface area contributed by atoms with Crippen LogP contribution in [0.4, 0.5) is 5.95 Å². The van der Waals surface area contributed by atoms with Crippen LogP contribution in [0.3, 0.4) is 0 Å². The van der Waals surface area contributed by atoms with Crippen LogP contribution in [0.15, 0.2) is 41.0 Å². The van der Waals surface area contributed by atoms with Crippen LogP contribution < -0.4 is 5.32 Å². The lowest BCUT2D eigenvalue weighted by Crippen LogP contribution is -2.18. The number of fused-ring (bicyclic) bond motifs is 7. The number of rotatable bonds is 0. The minimum absolute atomic E-state index is 0.190. The number of aryl methyl sites for hydroxylation is 2. The Labute approximate surface area is 201 Å². The van der Waals surface area contributed by atoms with Crippen LogP contribution in [0, 0.1) is 12.8 Å². The maximum absolute atomic E-state index is 13.4. The summed E-state index contributed by atoms with van der Waals surface area (Å²) < 4.78 is 5.06. The molecule has 170 valence electrons. The van der Waals surface area contributed by atoms with Crippen LogP contribution in [-0.2, 0) is 20.0 Å². The van der Waals surface area contributed by atoms with Gasteiger partial charge in [-0.05, 0) is 62.4 Å². The Morgan fingerprint density at radius 3 is 2.85 bits per heavy atom. The van der Waals surface area contributed by atoms with E-state index in [0.717, 1.165) is 70.4 Å². The fourth-order valence-electron chi connectivity index (χ4n) is 4.65. The topological polar surface area (TPSA) is 77.6 Å². The quantitative estimate of drug-likeness (QED) is 0.340. The molecular formula is C25H27BrN6O. The van der Waals surface area contributed by atoms with Crippen LogP contribution in [0.5, 0.6) is 0 Å². The molecule has 3 aromatic heterocycles. The fourth-order valence-corrected chi connectivity index (χ4v) is 5.00. The number of hydrogen-bond donors (Lipinski definition) is 1. The molecule has 0 radical (unpaired) electrons. The lowest BCUT2D eigenvalue weighted by molar-refractivity contribution is 0.102. The molecule has 0 saturated heterocycles. The first-order chi connectivity index (χ1) is 15.9. The van der Waals surface area contributed by atoms with Gasteiger partial charge in [0.1, 0.15) is 0 Å². The standard InChI is InChI=1S/C25H27BrN6O/c1-15-6-4-5-7-22-19(13-27-31(22)3)21-11-17(10-16(2)28-21)24(33)30-25-29-20-9-8-18(26)12-23(20)32(25)14-15/h8-13,15H,4-7,14H2,1-3H3,(H,29,30,33)/t15-/m1/s1. The Morgan fingerprint density at radius 2 is 2.00 bits per heavy atom. The first-order valence-electron chi connectivity index (χ1n) is 11.4. The van der Waals surface area contributed by atoms with Crippen molar-refractivity contribution in [2.75, 3.05) is 5.32 Å². The van der Waals surface area contributed by atoms with E-state index >= 15 is 0 Å². The number of aromatic nitrogens is 5. The van der Waals surface area contributed by atoms with Crippen LogP contribution in [0.2, 0.25) is 0 Å². The monoisotopic (exact) mass is 506 g/mol. The molecule has 4 aromatic rings. The molecule has 5 rings (SSSR count). The van der Waals surface area contributed by atoms with E-state index in [-0.39, 0.29) is 5.91 Å². The van der Waals surface area contributed by atoms with E-state index in [1.165, 1.54) is 0 Å². The van der Waals surface area contributed by atoms with Crippen molar-refractivity contribution >= 4 is 38.8 Å². The highest BCUT2D eigenvalue weighted by molar-refractivity contribution is 9.10. The summed E-state index contributed by atoms with van der Waals surface area (Å²) in [6.07, 6.45) is 6.09. The maximum atomic E-state index is 13.4. The molecule has 1 aliphatic rings. The van der Waals surface area contributed by atoms with Gasteiger partial charge in [-0.25, -0.2) is 4.98 Å². The first-order valence-corrected chi connectivity index (χ1v) is 12.2. The van der Waals surface area contributed by atoms with Gasteiger partial charge in [-0.2, -0.15) is 5.10 Å². The van der Waals surface area contributed by atoms with Crippen molar-refractivity contribution in [3.8, 4) is 11.3 Å². The average Bonchev–Trinajstić information content (AvgIpc) is 3.30. The molecular weight excluding hydrogens is 480 g/mol. The molecule has 0 fully saturated rings. The van der Waals surface area contributed by atoms with Crippen molar-refractivity contribution in [1.29, 1.82) is 0 Å². The Morgan fingerprint density at radius 1 is 1.15 bits per heavy atom. The van der Waals surface area contributed by atoms with Crippen LogP contribution in [-0.4, -0.2) is 30.2 Å². The van der Waals surface area contributed by atoms with Gasteiger partial charge in [0.2, 0.25) is 5.95 Å². The Balaban J connectivity index is 1.62. The average molecular weight is 507 g/mol. The summed E-state index contributed by atoms with van der Waals surface area (Å²) in [5.74, 6) is 0.830. The number of hydrogen-bond acceptors (Lipinski definition) is 4. The van der Waals surface area contributed by atoms with Crippen molar-refractivity contribution in [3.63, 3.8) is 0 Å². The van der Waals surface area contributed by atoms with E-state index in [1.54, 1.807) is 0 Å². The van der Waals surface area contributed by atoms with Gasteiger partial charge < -0.3 is 4.57 Å². The van der Waals surface area contributed by atoms with E-state index in [2.05, 4.69) is 43.9 Å². The zero-order valence-corrected chi connectivity index (χ0v) is 20.7. The highest BCUT2D eigenvalue weighted by Crippen LogP contribution is 2.29. The second-order valence-electron chi connectivity index (χ2n) is 9.00. The summed E-state index contributed by atoms with van der Waals surface area (Å²) in [6, 6.07) is 9.70. The number of carbonyl (C=O) groups is 1. The predicted molar refractivity (Wildman–Crippen MR) is 133 cm³/mol. The molecule has 1 atom stereocenters. The van der Waals surface area contributed by atoms with Crippen LogP contribution >= 0.6 is 15.9 Å². The number of halogens is 1. The molecule has 0 spiro atoms. The summed E-state index contributed by atoms with van der Waals surface area (Å²) in [4.78, 5) is 22.8. The molecule has 8 heteroatoms. The summed E-state index contributed by atoms with van der Waals surface area (Å²) in [7, 11) is 1.97. The molecule has 0 saturated carbocycles. The highest BCUT2D eigenvalue weighted by Gasteiger charge is 2.20. The fraction of sp³-hybridized carbons (Fsp3) is 0.360. The zero-order valence-electron chi connectivity index (χ0n) is 19.1. The normalized spacial score (nSPS) is 17.1. The minimum Gasteiger partial charge on any atom is -0.310 e. The lowest BCUT2D eigenvalue weighted by Gasteiger charge is -2.16. The van der Waals surface area contributed by atoms with Crippen molar-refractivity contribution in [2.24, 2.45) is 13.0 Å². The third-order valence-electron chi connectivity index (χ3n) is 6.34. The number of nitrogens with one attached hydrogen (secondary N) is 1. The van der Waals surface area contributed by atoms with Crippen molar-refractivity contribution in [3.05, 3.63) is 58.0 Å². The van der Waals surface area contributed by atoms with Crippen molar-refractivity contribution in [2.45, 2.75) is 46.1 Å². The third kappa shape index (κ3) is 4.31. The van der Waals surface area contributed by atoms with Gasteiger partial charge in [-0.3, -0.25) is 19.8 Å². The van der Waals surface area contributed by atoms with Crippen molar-refractivity contribution in [1.82, 2.24) is 24.3 Å². The summed E-state index contributed by atoms with van der Waals surface area (Å²) in [6.45, 7) is 4.97.